The van der Waals surface area contributed by atoms with Crippen molar-refractivity contribution in [2.75, 3.05) is 32.8 Å². The first-order valence-corrected chi connectivity index (χ1v) is 12.3. The van der Waals surface area contributed by atoms with Gasteiger partial charge >= 0.3 is 0 Å². The number of nitrogens with one attached hydrogen (secondary N) is 2. The third-order valence-electron chi connectivity index (χ3n) is 6.76. The van der Waals surface area contributed by atoms with Crippen molar-refractivity contribution in [2.45, 2.75) is 38.5 Å². The van der Waals surface area contributed by atoms with Gasteiger partial charge in [-0.2, -0.15) is 0 Å². The van der Waals surface area contributed by atoms with Crippen molar-refractivity contribution in [3.05, 3.63) is 54.1 Å². The molecule has 1 aliphatic carbocycles. The molecule has 0 aromatic heterocycles. The van der Waals surface area contributed by atoms with Gasteiger partial charge in [-0.25, -0.2) is 0 Å². The minimum Gasteiger partial charge on any atom is -0.484 e. The third-order valence-corrected chi connectivity index (χ3v) is 6.76. The number of amidine groups is 2. The van der Waals surface area contributed by atoms with Crippen molar-refractivity contribution in [3.63, 3.8) is 0 Å². The van der Waals surface area contributed by atoms with E-state index in [0.29, 0.717) is 31.9 Å². The first kappa shape index (κ1) is 23.3. The van der Waals surface area contributed by atoms with Crippen LogP contribution >= 0.6 is 0 Å². The van der Waals surface area contributed by atoms with Gasteiger partial charge in [0.2, 0.25) is 5.91 Å². The van der Waals surface area contributed by atoms with E-state index in [2.05, 4.69) is 21.6 Å². The Hall–Kier alpha value is -3.46. The molecule has 5 rings (SSSR count). The number of allylic oxidation sites excluding steroid dienone is 2. The number of para-hydroxylation sites is 1. The second kappa shape index (κ2) is 10.0. The molecule has 3 heterocycles. The van der Waals surface area contributed by atoms with Crippen LogP contribution in [0.5, 0.6) is 5.75 Å². The van der Waals surface area contributed by atoms with Crippen molar-refractivity contribution in [1.82, 2.24) is 20.4 Å². The molecular formula is C26H32N6O3. The van der Waals surface area contributed by atoms with Crippen LogP contribution in [0.4, 0.5) is 0 Å². The zero-order chi connectivity index (χ0) is 24.4. The van der Waals surface area contributed by atoms with E-state index in [0.717, 1.165) is 23.7 Å². The largest absolute Gasteiger partial charge is 0.484 e. The molecule has 1 aromatic rings. The Labute approximate surface area is 205 Å². The zero-order valence-corrected chi connectivity index (χ0v) is 20.2. The second-order valence-corrected chi connectivity index (χ2v) is 9.61. The Morgan fingerprint density at radius 1 is 1.20 bits per heavy atom. The predicted octanol–water partition coefficient (Wildman–Crippen LogP) is 1.35. The van der Waals surface area contributed by atoms with Crippen molar-refractivity contribution in [1.29, 1.82) is 0 Å². The summed E-state index contributed by atoms with van der Waals surface area (Å²) in [7, 11) is 0. The Morgan fingerprint density at radius 3 is 2.83 bits per heavy atom. The van der Waals surface area contributed by atoms with E-state index in [4.69, 9.17) is 14.7 Å². The SMILES string of the molecule is CC(C)[C@@H]1N=C2NC(=NC3CC=CC=C23)CN2CCN(C(=O)COc3ccccc3)CC2NC1=O. The summed E-state index contributed by atoms with van der Waals surface area (Å²) in [6, 6.07) is 8.77. The fraction of sp³-hybridized carbons (Fsp3) is 0.462. The van der Waals surface area contributed by atoms with Crippen LogP contribution in [0.15, 0.2) is 64.1 Å². The molecule has 3 atom stereocenters. The Kier molecular flexibility index (Phi) is 6.68. The molecule has 2 N–H and O–H groups in total. The second-order valence-electron chi connectivity index (χ2n) is 9.61. The maximum absolute atomic E-state index is 13.4. The maximum Gasteiger partial charge on any atom is 0.260 e. The Balaban J connectivity index is 1.35. The number of hydrogen-bond acceptors (Lipinski definition) is 7. The highest BCUT2D eigenvalue weighted by molar-refractivity contribution is 6.13. The minimum absolute atomic E-state index is 0.0123. The Bertz CT molecular complexity index is 1090. The summed E-state index contributed by atoms with van der Waals surface area (Å²) in [5.41, 5.74) is 1.03. The number of nitrogens with zero attached hydrogens (tertiary/aromatic N) is 4. The molecule has 2 unspecified atom stereocenters. The van der Waals surface area contributed by atoms with Crippen molar-refractivity contribution in [2.24, 2.45) is 15.9 Å². The van der Waals surface area contributed by atoms with E-state index in [1.165, 1.54) is 0 Å². The van der Waals surface area contributed by atoms with Gasteiger partial charge in [-0.1, -0.05) is 50.3 Å². The van der Waals surface area contributed by atoms with Gasteiger partial charge < -0.3 is 20.3 Å². The van der Waals surface area contributed by atoms with Gasteiger partial charge in [-0.05, 0) is 24.5 Å². The lowest BCUT2D eigenvalue weighted by molar-refractivity contribution is -0.138. The standard InChI is InChI=1S/C26H32N6O3/c1-17(2)24-26(34)29-22-15-32(23(33)16-35-18-8-4-3-5-9-18)13-12-31(22)14-21-27-20-11-7-6-10-19(20)25(28-21)30-24/h3-10,17,20,22,24H,11-16H2,1-2H3,(H,29,34)(H,27,28,30)/t20?,22?,24-/m0/s1. The van der Waals surface area contributed by atoms with Crippen molar-refractivity contribution in [3.8, 4) is 5.75 Å². The van der Waals surface area contributed by atoms with Gasteiger partial charge in [-0.15, -0.1) is 0 Å². The molecule has 4 aliphatic rings. The number of rotatable bonds is 4. The smallest absolute Gasteiger partial charge is 0.260 e. The molecule has 9 heteroatoms. The average Bonchev–Trinajstić information content (AvgIpc) is 2.86. The van der Waals surface area contributed by atoms with E-state index >= 15 is 0 Å². The summed E-state index contributed by atoms with van der Waals surface area (Å²) in [6.45, 7) is 6.07. The van der Waals surface area contributed by atoms with E-state index in [9.17, 15) is 9.59 Å². The lowest BCUT2D eigenvalue weighted by Gasteiger charge is -2.43. The molecule has 1 fully saturated rings. The van der Waals surface area contributed by atoms with Crippen molar-refractivity contribution >= 4 is 23.5 Å². The molecule has 3 aliphatic heterocycles. The summed E-state index contributed by atoms with van der Waals surface area (Å²) in [6.07, 6.45) is 6.66. The van der Waals surface area contributed by atoms with Gasteiger partial charge in [0.1, 0.15) is 29.6 Å². The van der Waals surface area contributed by atoms with Crippen LogP contribution in [0, 0.1) is 5.92 Å². The van der Waals surface area contributed by atoms with Gasteiger partial charge in [0.15, 0.2) is 6.61 Å². The molecule has 184 valence electrons. The quantitative estimate of drug-likeness (QED) is 0.684. The summed E-state index contributed by atoms with van der Waals surface area (Å²) >= 11 is 0. The summed E-state index contributed by atoms with van der Waals surface area (Å²) in [5.74, 6) is 2.03. The number of fused-ring (bicyclic) bond motifs is 5. The van der Waals surface area contributed by atoms with E-state index < -0.39 is 6.04 Å². The molecule has 9 nitrogen and oxygen atoms in total. The summed E-state index contributed by atoms with van der Waals surface area (Å²) in [5, 5.41) is 6.58. The van der Waals surface area contributed by atoms with E-state index in [-0.39, 0.29) is 36.5 Å². The number of aliphatic imine (C=N–C) groups is 2. The third kappa shape index (κ3) is 5.14. The summed E-state index contributed by atoms with van der Waals surface area (Å²) in [4.78, 5) is 40.0. The van der Waals surface area contributed by atoms with Crippen LogP contribution in [0.25, 0.3) is 0 Å². The first-order valence-electron chi connectivity index (χ1n) is 12.3. The summed E-state index contributed by atoms with van der Waals surface area (Å²) < 4.78 is 5.66. The van der Waals surface area contributed by atoms with Gasteiger partial charge in [0.25, 0.3) is 5.91 Å². The molecule has 0 saturated carbocycles. The number of hydrogen-bond donors (Lipinski definition) is 2. The first-order chi connectivity index (χ1) is 17.0. The molecular weight excluding hydrogens is 444 g/mol. The topological polar surface area (TPSA) is 98.6 Å². The minimum atomic E-state index is -0.545. The number of carbonyl (C=O) groups excluding carboxylic acids is 2. The molecule has 2 bridgehead atoms. The van der Waals surface area contributed by atoms with Crippen LogP contribution in [0.1, 0.15) is 20.3 Å². The molecule has 1 aromatic carbocycles. The van der Waals surface area contributed by atoms with Gasteiger partial charge in [-0.3, -0.25) is 24.5 Å². The van der Waals surface area contributed by atoms with Crippen LogP contribution in [0.3, 0.4) is 0 Å². The van der Waals surface area contributed by atoms with E-state index in [1.54, 1.807) is 4.90 Å². The highest BCUT2D eigenvalue weighted by Crippen LogP contribution is 2.24. The maximum atomic E-state index is 13.4. The Morgan fingerprint density at radius 2 is 2.03 bits per heavy atom. The number of carbonyl (C=O) groups is 2. The predicted molar refractivity (Wildman–Crippen MR) is 134 cm³/mol. The number of amides is 2. The molecule has 2 amide bonds. The number of piperazine rings is 1. The molecule has 0 radical (unpaired) electrons. The monoisotopic (exact) mass is 476 g/mol. The highest BCUT2D eigenvalue weighted by atomic mass is 16.5. The van der Waals surface area contributed by atoms with Gasteiger partial charge in [0, 0.05) is 18.7 Å². The average molecular weight is 477 g/mol. The van der Waals surface area contributed by atoms with Crippen LogP contribution < -0.4 is 15.4 Å². The van der Waals surface area contributed by atoms with E-state index in [1.807, 2.05) is 56.3 Å². The van der Waals surface area contributed by atoms with Crippen LogP contribution in [-0.4, -0.2) is 84.3 Å². The number of benzene rings is 1. The van der Waals surface area contributed by atoms with Crippen LogP contribution in [0.2, 0.25) is 0 Å². The molecule has 1 saturated heterocycles. The fourth-order valence-electron chi connectivity index (χ4n) is 4.81. The zero-order valence-electron chi connectivity index (χ0n) is 20.2. The number of ether oxygens (including phenoxy) is 1. The highest BCUT2D eigenvalue weighted by Gasteiger charge is 2.37. The molecule has 0 spiro atoms. The van der Waals surface area contributed by atoms with Crippen molar-refractivity contribution < 1.29 is 14.3 Å². The van der Waals surface area contributed by atoms with Gasteiger partial charge in [0.05, 0.1) is 19.1 Å². The lowest BCUT2D eigenvalue weighted by Crippen LogP contribution is -2.65. The normalized spacial score (nSPS) is 26.4. The fourth-order valence-corrected chi connectivity index (χ4v) is 4.81. The molecule has 35 heavy (non-hydrogen) atoms. The lowest BCUT2D eigenvalue weighted by atomic mass is 9.95. The van der Waals surface area contributed by atoms with Crippen LogP contribution in [-0.2, 0) is 9.59 Å².